The minimum absolute atomic E-state index is 0.309. The van der Waals surface area contributed by atoms with Crippen molar-refractivity contribution in [3.8, 4) is 0 Å². The molecule has 0 aliphatic carbocycles. The summed E-state index contributed by atoms with van der Waals surface area (Å²) >= 11 is 0. The number of para-hydroxylation sites is 2. The van der Waals surface area contributed by atoms with E-state index in [-0.39, 0.29) is 0 Å². The molecule has 0 radical (unpaired) electrons. The van der Waals surface area contributed by atoms with Crippen LogP contribution in [0.4, 0.5) is 5.95 Å². The van der Waals surface area contributed by atoms with Crippen LogP contribution in [0.5, 0.6) is 0 Å². The topological polar surface area (TPSA) is 108 Å². The number of aliphatic carboxylic acids is 2. The van der Waals surface area contributed by atoms with Crippen molar-refractivity contribution in [1.82, 2.24) is 14.5 Å². The molecule has 38 heavy (non-hydrogen) atoms. The molecule has 0 atom stereocenters. The van der Waals surface area contributed by atoms with Crippen molar-refractivity contribution < 1.29 is 19.8 Å². The fourth-order valence-electron chi connectivity index (χ4n) is 4.79. The monoisotopic (exact) mass is 512 g/mol. The van der Waals surface area contributed by atoms with Crippen LogP contribution < -0.4 is 5.32 Å². The summed E-state index contributed by atoms with van der Waals surface area (Å²) < 4.78 is 2.17. The third-order valence-electron chi connectivity index (χ3n) is 6.61. The number of hydrogen-bond acceptors (Lipinski definition) is 5. The molecule has 0 saturated carbocycles. The molecule has 2 heterocycles. The van der Waals surface area contributed by atoms with E-state index in [9.17, 15) is 9.59 Å². The van der Waals surface area contributed by atoms with E-state index in [2.05, 4.69) is 101 Å². The SMILES string of the molecule is Cn1c(NC2CCN(C(c3ccccc3)c3ccccc3)CC2)nc2ccccc21.O=C(O)/C=C/C(=O)O. The first kappa shape index (κ1) is 26.6. The molecule has 3 N–H and O–H groups in total. The molecule has 1 saturated heterocycles. The third kappa shape index (κ3) is 6.86. The Kier molecular flexibility index (Phi) is 8.89. The Hall–Kier alpha value is -4.43. The standard InChI is InChI=1S/C26H28N4.C4H4O4/c1-29-24-15-9-8-14-23(24)28-26(29)27-22-16-18-30(19-17-22)25(20-10-4-2-5-11-20)21-12-6-3-7-13-21;5-3(6)1-2-4(7)8/h2-15,22,25H,16-19H2,1H3,(H,27,28);1-2H,(H,5,6)(H,7,8)/b;2-1+. The van der Waals surface area contributed by atoms with Gasteiger partial charge in [0.2, 0.25) is 5.95 Å². The molecule has 1 aliphatic rings. The van der Waals surface area contributed by atoms with Gasteiger partial charge in [0.25, 0.3) is 0 Å². The summed E-state index contributed by atoms with van der Waals surface area (Å²) in [5, 5.41) is 19.3. The molecule has 4 aromatic rings. The van der Waals surface area contributed by atoms with Gasteiger partial charge in [-0.05, 0) is 36.1 Å². The molecular formula is C30H32N4O4. The molecule has 0 unspecified atom stereocenters. The lowest BCUT2D eigenvalue weighted by atomic mass is 9.94. The average molecular weight is 513 g/mol. The number of fused-ring (bicyclic) bond motifs is 1. The minimum atomic E-state index is -1.26. The number of hydrogen-bond donors (Lipinski definition) is 3. The van der Waals surface area contributed by atoms with Crippen molar-refractivity contribution in [2.45, 2.75) is 24.9 Å². The number of carbonyl (C=O) groups is 2. The second kappa shape index (κ2) is 12.7. The maximum Gasteiger partial charge on any atom is 0.328 e. The first-order valence-electron chi connectivity index (χ1n) is 12.6. The molecule has 0 spiro atoms. The first-order chi connectivity index (χ1) is 18.4. The van der Waals surface area contributed by atoms with Gasteiger partial charge in [-0.15, -0.1) is 0 Å². The maximum absolute atomic E-state index is 9.55. The van der Waals surface area contributed by atoms with Crippen LogP contribution in [0.3, 0.4) is 0 Å². The van der Waals surface area contributed by atoms with E-state index < -0.39 is 11.9 Å². The second-order valence-electron chi connectivity index (χ2n) is 9.17. The molecule has 1 aromatic heterocycles. The molecule has 3 aromatic carbocycles. The Morgan fingerprint density at radius 1 is 0.842 bits per heavy atom. The number of nitrogens with zero attached hydrogens (tertiary/aromatic N) is 3. The van der Waals surface area contributed by atoms with Crippen LogP contribution in [0.1, 0.15) is 30.0 Å². The number of carboxylic acid groups (broad SMARTS) is 2. The fraction of sp³-hybridized carbons (Fsp3) is 0.233. The van der Waals surface area contributed by atoms with Gasteiger partial charge < -0.3 is 20.1 Å². The molecule has 8 heteroatoms. The number of nitrogens with one attached hydrogen (secondary N) is 1. The number of aromatic nitrogens is 2. The Bertz CT molecular complexity index is 1320. The van der Waals surface area contributed by atoms with Gasteiger partial charge in [-0.25, -0.2) is 14.6 Å². The Morgan fingerprint density at radius 2 is 1.34 bits per heavy atom. The molecule has 0 amide bonds. The van der Waals surface area contributed by atoms with Gasteiger partial charge in [0.15, 0.2) is 0 Å². The number of carboxylic acids is 2. The lowest BCUT2D eigenvalue weighted by Crippen LogP contribution is -2.41. The van der Waals surface area contributed by atoms with Gasteiger partial charge in [0.1, 0.15) is 0 Å². The first-order valence-corrected chi connectivity index (χ1v) is 12.6. The quantitative estimate of drug-likeness (QED) is 0.301. The van der Waals surface area contributed by atoms with Gasteiger partial charge in [-0.2, -0.15) is 0 Å². The van der Waals surface area contributed by atoms with Crippen molar-refractivity contribution in [1.29, 1.82) is 0 Å². The summed E-state index contributed by atoms with van der Waals surface area (Å²) in [5.41, 5.74) is 4.95. The predicted octanol–water partition coefficient (Wildman–Crippen LogP) is 4.95. The van der Waals surface area contributed by atoms with Crippen LogP contribution in [-0.2, 0) is 16.6 Å². The number of imidazole rings is 1. The minimum Gasteiger partial charge on any atom is -0.478 e. The second-order valence-corrected chi connectivity index (χ2v) is 9.17. The van der Waals surface area contributed by atoms with Crippen LogP contribution in [0.15, 0.2) is 97.1 Å². The van der Waals surface area contributed by atoms with Crippen molar-refractivity contribution in [2.75, 3.05) is 18.4 Å². The van der Waals surface area contributed by atoms with Gasteiger partial charge in [-0.1, -0.05) is 72.8 Å². The van der Waals surface area contributed by atoms with E-state index in [1.54, 1.807) is 0 Å². The van der Waals surface area contributed by atoms with Gasteiger partial charge >= 0.3 is 11.9 Å². The highest BCUT2D eigenvalue weighted by Crippen LogP contribution is 2.31. The van der Waals surface area contributed by atoms with Crippen LogP contribution in [0, 0.1) is 0 Å². The number of likely N-dealkylation sites (tertiary alicyclic amines) is 1. The molecule has 0 bridgehead atoms. The Labute approximate surface area is 221 Å². The third-order valence-corrected chi connectivity index (χ3v) is 6.61. The molecule has 196 valence electrons. The highest BCUT2D eigenvalue weighted by Gasteiger charge is 2.27. The summed E-state index contributed by atoms with van der Waals surface area (Å²) in [6.07, 6.45) is 3.34. The van der Waals surface area contributed by atoms with Crippen molar-refractivity contribution in [2.24, 2.45) is 7.05 Å². The largest absolute Gasteiger partial charge is 0.478 e. The maximum atomic E-state index is 9.55. The van der Waals surface area contributed by atoms with Gasteiger partial charge in [0.05, 0.1) is 17.1 Å². The fourth-order valence-corrected chi connectivity index (χ4v) is 4.79. The summed E-state index contributed by atoms with van der Waals surface area (Å²) in [7, 11) is 2.09. The molecular weight excluding hydrogens is 480 g/mol. The van der Waals surface area contributed by atoms with Crippen molar-refractivity contribution in [3.05, 3.63) is 108 Å². The van der Waals surface area contributed by atoms with E-state index in [1.165, 1.54) is 16.6 Å². The molecule has 8 nitrogen and oxygen atoms in total. The van der Waals surface area contributed by atoms with Crippen molar-refractivity contribution in [3.63, 3.8) is 0 Å². The van der Waals surface area contributed by atoms with Crippen LogP contribution in [-0.4, -0.2) is 55.7 Å². The molecule has 1 fully saturated rings. The van der Waals surface area contributed by atoms with E-state index >= 15 is 0 Å². The van der Waals surface area contributed by atoms with E-state index in [0.717, 1.165) is 37.4 Å². The number of anilines is 1. The van der Waals surface area contributed by atoms with Crippen LogP contribution in [0.25, 0.3) is 11.0 Å². The number of benzene rings is 3. The van der Waals surface area contributed by atoms with Crippen molar-refractivity contribution >= 4 is 28.9 Å². The lowest BCUT2D eigenvalue weighted by Gasteiger charge is -2.38. The number of piperidine rings is 1. The Balaban J connectivity index is 0.000000368. The zero-order valence-electron chi connectivity index (χ0n) is 21.3. The zero-order valence-corrected chi connectivity index (χ0v) is 21.3. The van der Waals surface area contributed by atoms with E-state index in [1.807, 2.05) is 6.07 Å². The van der Waals surface area contributed by atoms with E-state index in [4.69, 9.17) is 15.2 Å². The van der Waals surface area contributed by atoms with Crippen LogP contribution in [0.2, 0.25) is 0 Å². The summed E-state index contributed by atoms with van der Waals surface area (Å²) in [5.74, 6) is -1.54. The summed E-state index contributed by atoms with van der Waals surface area (Å²) in [6.45, 7) is 2.13. The average Bonchev–Trinajstić information content (AvgIpc) is 3.25. The highest BCUT2D eigenvalue weighted by atomic mass is 16.4. The normalized spacial score (nSPS) is 14.4. The predicted molar refractivity (Wildman–Crippen MR) is 148 cm³/mol. The highest BCUT2D eigenvalue weighted by molar-refractivity contribution is 5.89. The van der Waals surface area contributed by atoms with Crippen LogP contribution >= 0.6 is 0 Å². The van der Waals surface area contributed by atoms with Gasteiger partial charge in [-0.3, -0.25) is 4.90 Å². The lowest BCUT2D eigenvalue weighted by molar-refractivity contribution is -0.134. The summed E-state index contributed by atoms with van der Waals surface area (Å²) in [6, 6.07) is 30.8. The smallest absolute Gasteiger partial charge is 0.328 e. The molecule has 1 aliphatic heterocycles. The Morgan fingerprint density at radius 3 is 1.84 bits per heavy atom. The summed E-state index contributed by atoms with van der Waals surface area (Å²) in [4.78, 5) is 26.5. The van der Waals surface area contributed by atoms with E-state index in [0.29, 0.717) is 24.2 Å². The number of aryl methyl sites for hydroxylation is 1. The zero-order chi connectivity index (χ0) is 26.9. The number of rotatable bonds is 7. The molecule has 5 rings (SSSR count). The van der Waals surface area contributed by atoms with Gasteiger partial charge in [0, 0.05) is 38.3 Å².